The number of aromatic nitrogens is 1. The first kappa shape index (κ1) is 28.5. The highest BCUT2D eigenvalue weighted by Gasteiger charge is 2.46. The summed E-state index contributed by atoms with van der Waals surface area (Å²) in [5.74, 6) is 0. The van der Waals surface area contributed by atoms with Gasteiger partial charge in [0.15, 0.2) is 0 Å². The number of nitrogens with zero attached hydrogens (tertiary/aromatic N) is 1. The van der Waals surface area contributed by atoms with Gasteiger partial charge in [0, 0.05) is 21.9 Å². The number of hydrogen-bond acceptors (Lipinski definition) is 2. The van der Waals surface area contributed by atoms with Crippen LogP contribution in [0.4, 0.5) is 0 Å². The minimum absolute atomic E-state index is 0.467. The zero-order valence-corrected chi connectivity index (χ0v) is 27.3. The number of furan rings is 1. The number of fused-ring (bicyclic) bond motifs is 6. The van der Waals surface area contributed by atoms with E-state index in [2.05, 4.69) is 176 Å². The molecule has 1 aliphatic rings. The molecule has 0 radical (unpaired) electrons. The van der Waals surface area contributed by atoms with Crippen molar-refractivity contribution >= 4 is 21.9 Å². The molecule has 234 valence electrons. The third-order valence-corrected chi connectivity index (χ3v) is 10.3. The Labute approximate surface area is 291 Å². The Morgan fingerprint density at radius 3 is 1.52 bits per heavy atom. The molecule has 9 aromatic rings. The molecule has 10 rings (SSSR count). The zero-order chi connectivity index (χ0) is 33.1. The van der Waals surface area contributed by atoms with Crippen molar-refractivity contribution in [3.8, 4) is 44.8 Å². The number of benzene rings is 7. The fraction of sp³-hybridized carbons (Fsp3) is 0.0208. The Morgan fingerprint density at radius 2 is 0.900 bits per heavy atom. The van der Waals surface area contributed by atoms with Gasteiger partial charge in [-0.25, -0.2) is 4.98 Å². The summed E-state index contributed by atoms with van der Waals surface area (Å²) in [6, 6.07) is 67.2. The van der Waals surface area contributed by atoms with Gasteiger partial charge in [-0.15, -0.1) is 0 Å². The van der Waals surface area contributed by atoms with E-state index in [1.54, 1.807) is 0 Å². The second-order valence-corrected chi connectivity index (χ2v) is 13.1. The molecule has 7 aromatic carbocycles. The lowest BCUT2D eigenvalue weighted by Gasteiger charge is -2.33. The normalized spacial score (nSPS) is 13.0. The average Bonchev–Trinajstić information content (AvgIpc) is 3.70. The van der Waals surface area contributed by atoms with E-state index in [0.717, 1.165) is 55.6 Å². The van der Waals surface area contributed by atoms with Crippen LogP contribution in [0.2, 0.25) is 0 Å². The predicted molar refractivity (Wildman–Crippen MR) is 205 cm³/mol. The molecule has 0 atom stereocenters. The quantitative estimate of drug-likeness (QED) is 0.188. The first-order valence-electron chi connectivity index (χ1n) is 17.1. The Balaban J connectivity index is 1.18. The van der Waals surface area contributed by atoms with E-state index in [4.69, 9.17) is 9.40 Å². The molecule has 0 fully saturated rings. The first-order chi connectivity index (χ1) is 24.8. The lowest BCUT2D eigenvalue weighted by molar-refractivity contribution is 0.666. The fourth-order valence-corrected chi connectivity index (χ4v) is 8.10. The van der Waals surface area contributed by atoms with Crippen LogP contribution in [0.1, 0.15) is 22.3 Å². The highest BCUT2D eigenvalue weighted by Crippen LogP contribution is 2.57. The van der Waals surface area contributed by atoms with E-state index in [1.165, 1.54) is 33.4 Å². The molecule has 0 amide bonds. The van der Waals surface area contributed by atoms with Gasteiger partial charge in [0.1, 0.15) is 11.2 Å². The maximum Gasteiger partial charge on any atom is 0.136 e. The second kappa shape index (κ2) is 11.3. The topological polar surface area (TPSA) is 26.0 Å². The van der Waals surface area contributed by atoms with E-state index in [1.807, 2.05) is 12.1 Å². The standard InChI is InChI=1S/C48H31NO/c1-5-15-32(16-6-1)44-27-35(28-45(49-44)33-17-7-2-8-18-33)34-25-26-39-41-30-40-38-23-13-14-24-42(38)48(36-19-9-3-10-20-36,37-21-11-4-12-22-37)43(40)31-47(41)50-46(39)29-34/h1-31H. The summed E-state index contributed by atoms with van der Waals surface area (Å²) < 4.78 is 6.82. The maximum atomic E-state index is 6.82. The molecule has 0 saturated heterocycles. The van der Waals surface area contributed by atoms with Crippen LogP contribution in [0.25, 0.3) is 66.7 Å². The molecule has 0 N–H and O–H groups in total. The van der Waals surface area contributed by atoms with Gasteiger partial charge in [-0.3, -0.25) is 0 Å². The summed E-state index contributed by atoms with van der Waals surface area (Å²) in [5, 5.41) is 2.24. The Bertz CT molecular complexity index is 2580. The third kappa shape index (κ3) is 4.32. The van der Waals surface area contributed by atoms with Gasteiger partial charge in [0.2, 0.25) is 0 Å². The van der Waals surface area contributed by atoms with Crippen molar-refractivity contribution in [1.82, 2.24) is 4.98 Å². The van der Waals surface area contributed by atoms with Crippen LogP contribution in [0.5, 0.6) is 0 Å². The minimum atomic E-state index is -0.467. The molecule has 0 aliphatic heterocycles. The van der Waals surface area contributed by atoms with Gasteiger partial charge in [0.25, 0.3) is 0 Å². The molecular formula is C48H31NO. The van der Waals surface area contributed by atoms with E-state index in [0.29, 0.717) is 0 Å². The average molecular weight is 638 g/mol. The summed E-state index contributed by atoms with van der Waals surface area (Å²) in [6.07, 6.45) is 0. The molecule has 0 spiro atoms. The minimum Gasteiger partial charge on any atom is -0.456 e. The lowest BCUT2D eigenvalue weighted by atomic mass is 9.67. The fourth-order valence-electron chi connectivity index (χ4n) is 8.10. The van der Waals surface area contributed by atoms with Crippen molar-refractivity contribution < 1.29 is 4.42 Å². The van der Waals surface area contributed by atoms with Gasteiger partial charge in [0.05, 0.1) is 16.8 Å². The third-order valence-electron chi connectivity index (χ3n) is 10.3. The highest BCUT2D eigenvalue weighted by atomic mass is 16.3. The van der Waals surface area contributed by atoms with Crippen LogP contribution in [-0.2, 0) is 5.41 Å². The molecule has 2 aromatic heterocycles. The van der Waals surface area contributed by atoms with Gasteiger partial charge in [-0.1, -0.05) is 152 Å². The lowest BCUT2D eigenvalue weighted by Crippen LogP contribution is -2.28. The Hall–Kier alpha value is -6.51. The van der Waals surface area contributed by atoms with Gasteiger partial charge in [-0.2, -0.15) is 0 Å². The SMILES string of the molecule is c1ccc(-c2cc(-c3ccc4c(c3)oc3cc5c(cc34)-c3ccccc3C5(c3ccccc3)c3ccccc3)cc(-c3ccccc3)n2)cc1. The largest absolute Gasteiger partial charge is 0.456 e. The molecular weight excluding hydrogens is 607 g/mol. The molecule has 0 saturated carbocycles. The van der Waals surface area contributed by atoms with Gasteiger partial charge < -0.3 is 4.42 Å². The molecule has 50 heavy (non-hydrogen) atoms. The molecule has 2 heteroatoms. The predicted octanol–water partition coefficient (Wildman–Crippen LogP) is 12.3. The second-order valence-electron chi connectivity index (χ2n) is 13.1. The Kier molecular flexibility index (Phi) is 6.43. The van der Waals surface area contributed by atoms with Crippen LogP contribution < -0.4 is 0 Å². The first-order valence-corrected chi connectivity index (χ1v) is 17.1. The molecule has 1 aliphatic carbocycles. The molecule has 2 heterocycles. The van der Waals surface area contributed by atoms with Crippen molar-refractivity contribution in [1.29, 1.82) is 0 Å². The number of hydrogen-bond donors (Lipinski definition) is 0. The van der Waals surface area contributed by atoms with Crippen molar-refractivity contribution in [2.45, 2.75) is 5.41 Å². The van der Waals surface area contributed by atoms with Gasteiger partial charge in [-0.05, 0) is 80.9 Å². The zero-order valence-electron chi connectivity index (χ0n) is 27.3. The molecule has 0 bridgehead atoms. The summed E-state index contributed by atoms with van der Waals surface area (Å²) in [5.41, 5.74) is 15.1. The summed E-state index contributed by atoms with van der Waals surface area (Å²) in [7, 11) is 0. The Morgan fingerprint density at radius 1 is 0.360 bits per heavy atom. The van der Waals surface area contributed by atoms with Crippen LogP contribution in [0, 0.1) is 0 Å². The summed E-state index contributed by atoms with van der Waals surface area (Å²) in [4.78, 5) is 5.09. The van der Waals surface area contributed by atoms with Crippen molar-refractivity contribution in [3.05, 3.63) is 210 Å². The van der Waals surface area contributed by atoms with Crippen molar-refractivity contribution in [3.63, 3.8) is 0 Å². The van der Waals surface area contributed by atoms with E-state index in [9.17, 15) is 0 Å². The maximum absolute atomic E-state index is 6.82. The summed E-state index contributed by atoms with van der Waals surface area (Å²) >= 11 is 0. The molecule has 0 unspecified atom stereocenters. The van der Waals surface area contributed by atoms with Gasteiger partial charge >= 0.3 is 0 Å². The van der Waals surface area contributed by atoms with Crippen LogP contribution in [0.15, 0.2) is 192 Å². The highest BCUT2D eigenvalue weighted by molar-refractivity contribution is 6.09. The number of pyridine rings is 1. The van der Waals surface area contributed by atoms with Crippen LogP contribution in [0.3, 0.4) is 0 Å². The van der Waals surface area contributed by atoms with Crippen molar-refractivity contribution in [2.75, 3.05) is 0 Å². The van der Waals surface area contributed by atoms with Crippen LogP contribution >= 0.6 is 0 Å². The smallest absolute Gasteiger partial charge is 0.136 e. The molecule has 2 nitrogen and oxygen atoms in total. The van der Waals surface area contributed by atoms with E-state index in [-0.39, 0.29) is 0 Å². The van der Waals surface area contributed by atoms with Crippen LogP contribution in [-0.4, -0.2) is 4.98 Å². The van der Waals surface area contributed by atoms with E-state index < -0.39 is 5.41 Å². The monoisotopic (exact) mass is 637 g/mol. The summed E-state index contributed by atoms with van der Waals surface area (Å²) in [6.45, 7) is 0. The van der Waals surface area contributed by atoms with E-state index >= 15 is 0 Å². The van der Waals surface area contributed by atoms with Crippen molar-refractivity contribution in [2.24, 2.45) is 0 Å². The number of rotatable bonds is 5.